The van der Waals surface area contributed by atoms with Crippen molar-refractivity contribution in [1.82, 2.24) is 19.9 Å². The molecule has 1 saturated heterocycles. The third-order valence-corrected chi connectivity index (χ3v) is 2.70. The third-order valence-electron chi connectivity index (χ3n) is 2.70. The zero-order valence-electron chi connectivity index (χ0n) is 9.83. The molecule has 0 saturated carbocycles. The lowest BCUT2D eigenvalue weighted by atomic mass is 10.2. The molecule has 2 atom stereocenters. The Morgan fingerprint density at radius 3 is 3.00 bits per heavy atom. The van der Waals surface area contributed by atoms with E-state index in [-0.39, 0.29) is 12.2 Å². The first-order valence-electron chi connectivity index (χ1n) is 5.60. The molecule has 0 aliphatic carbocycles. The normalized spacial score (nSPS) is 27.2. The summed E-state index contributed by atoms with van der Waals surface area (Å²) >= 11 is 0. The van der Waals surface area contributed by atoms with Gasteiger partial charge >= 0.3 is 0 Å². The highest BCUT2D eigenvalue weighted by molar-refractivity contribution is 4.93. The Labute approximate surface area is 95.4 Å². The van der Waals surface area contributed by atoms with Gasteiger partial charge < -0.3 is 10.5 Å². The number of morpholine rings is 1. The third kappa shape index (κ3) is 2.78. The number of nitrogens with zero attached hydrogens (tertiary/aromatic N) is 4. The van der Waals surface area contributed by atoms with E-state index in [4.69, 9.17) is 10.5 Å². The maximum absolute atomic E-state index is 5.70. The van der Waals surface area contributed by atoms with Crippen LogP contribution >= 0.6 is 0 Å². The van der Waals surface area contributed by atoms with Crippen molar-refractivity contribution < 1.29 is 4.74 Å². The van der Waals surface area contributed by atoms with Crippen molar-refractivity contribution in [3.63, 3.8) is 0 Å². The lowest BCUT2D eigenvalue weighted by Gasteiger charge is -2.35. The summed E-state index contributed by atoms with van der Waals surface area (Å²) in [7, 11) is 1.88. The minimum Gasteiger partial charge on any atom is -0.371 e. The summed E-state index contributed by atoms with van der Waals surface area (Å²) in [6.45, 7) is 5.26. The van der Waals surface area contributed by atoms with Gasteiger partial charge in [0.25, 0.3) is 0 Å². The molecule has 0 bridgehead atoms. The van der Waals surface area contributed by atoms with Gasteiger partial charge in [-0.15, -0.1) is 5.10 Å². The van der Waals surface area contributed by atoms with Crippen molar-refractivity contribution in [2.45, 2.75) is 25.7 Å². The van der Waals surface area contributed by atoms with E-state index in [2.05, 4.69) is 22.1 Å². The van der Waals surface area contributed by atoms with Gasteiger partial charge in [0.2, 0.25) is 0 Å². The van der Waals surface area contributed by atoms with E-state index in [9.17, 15) is 0 Å². The molecular formula is C10H19N5O. The van der Waals surface area contributed by atoms with Crippen LogP contribution in [0.2, 0.25) is 0 Å². The van der Waals surface area contributed by atoms with Crippen LogP contribution in [0.15, 0.2) is 6.20 Å². The zero-order chi connectivity index (χ0) is 11.5. The highest BCUT2D eigenvalue weighted by Crippen LogP contribution is 2.12. The van der Waals surface area contributed by atoms with E-state index in [1.54, 1.807) is 4.68 Å². The monoisotopic (exact) mass is 225 g/mol. The fourth-order valence-corrected chi connectivity index (χ4v) is 2.10. The first kappa shape index (κ1) is 11.5. The van der Waals surface area contributed by atoms with Crippen molar-refractivity contribution in [3.8, 4) is 0 Å². The second-order valence-corrected chi connectivity index (χ2v) is 4.38. The lowest BCUT2D eigenvalue weighted by Crippen LogP contribution is -2.48. The molecule has 2 unspecified atom stereocenters. The summed E-state index contributed by atoms with van der Waals surface area (Å²) in [5.41, 5.74) is 6.63. The van der Waals surface area contributed by atoms with Crippen LogP contribution in [0.25, 0.3) is 0 Å². The summed E-state index contributed by atoms with van der Waals surface area (Å²) in [6.07, 6.45) is 2.32. The molecule has 0 aromatic carbocycles. The average molecular weight is 225 g/mol. The van der Waals surface area contributed by atoms with E-state index >= 15 is 0 Å². The Hall–Kier alpha value is -0.980. The van der Waals surface area contributed by atoms with E-state index in [1.807, 2.05) is 13.2 Å². The van der Waals surface area contributed by atoms with E-state index in [1.165, 1.54) is 0 Å². The molecule has 16 heavy (non-hydrogen) atoms. The molecule has 1 aliphatic heterocycles. The predicted molar refractivity (Wildman–Crippen MR) is 59.7 cm³/mol. The summed E-state index contributed by atoms with van der Waals surface area (Å²) in [5.74, 6) is 0. The number of rotatable bonds is 3. The smallest absolute Gasteiger partial charge is 0.0967 e. The van der Waals surface area contributed by atoms with Crippen molar-refractivity contribution >= 4 is 0 Å². The number of hydrogen-bond acceptors (Lipinski definition) is 5. The average Bonchev–Trinajstić information content (AvgIpc) is 2.63. The Morgan fingerprint density at radius 2 is 2.38 bits per heavy atom. The first-order chi connectivity index (χ1) is 7.67. The standard InChI is InChI=1S/C10H19N5O/c1-8-4-15(7-10(3-11)16-8)6-9-5-14(2)13-12-9/h5,8,10H,3-4,6-7,11H2,1-2H3. The van der Waals surface area contributed by atoms with E-state index < -0.39 is 0 Å². The maximum atomic E-state index is 5.70. The van der Waals surface area contributed by atoms with Crippen LogP contribution in [0.1, 0.15) is 12.6 Å². The Morgan fingerprint density at radius 1 is 1.56 bits per heavy atom. The van der Waals surface area contributed by atoms with Gasteiger partial charge in [-0.2, -0.15) is 0 Å². The van der Waals surface area contributed by atoms with Crippen molar-refractivity contribution in [2.24, 2.45) is 12.8 Å². The fourth-order valence-electron chi connectivity index (χ4n) is 2.10. The second-order valence-electron chi connectivity index (χ2n) is 4.38. The molecule has 2 rings (SSSR count). The van der Waals surface area contributed by atoms with Crippen LogP contribution in [0.4, 0.5) is 0 Å². The van der Waals surface area contributed by atoms with Gasteiger partial charge in [-0.1, -0.05) is 5.21 Å². The molecule has 90 valence electrons. The van der Waals surface area contributed by atoms with E-state index in [0.717, 1.165) is 25.3 Å². The number of aryl methyl sites for hydroxylation is 1. The Kier molecular flexibility index (Phi) is 3.52. The van der Waals surface area contributed by atoms with Crippen molar-refractivity contribution in [1.29, 1.82) is 0 Å². The quantitative estimate of drug-likeness (QED) is 0.741. The molecule has 1 aromatic heterocycles. The van der Waals surface area contributed by atoms with Gasteiger partial charge in [-0.05, 0) is 6.92 Å². The van der Waals surface area contributed by atoms with Crippen molar-refractivity contribution in [2.75, 3.05) is 19.6 Å². The molecule has 1 fully saturated rings. The molecule has 2 heterocycles. The summed E-state index contributed by atoms with van der Waals surface area (Å²) < 4.78 is 7.42. The first-order valence-corrected chi connectivity index (χ1v) is 5.60. The zero-order valence-corrected chi connectivity index (χ0v) is 9.83. The molecule has 6 heteroatoms. The van der Waals surface area contributed by atoms with Gasteiger partial charge in [0, 0.05) is 39.4 Å². The topological polar surface area (TPSA) is 69.2 Å². The van der Waals surface area contributed by atoms with Crippen LogP contribution in [0.5, 0.6) is 0 Å². The molecule has 0 radical (unpaired) electrons. The summed E-state index contributed by atoms with van der Waals surface area (Å²) in [5, 5.41) is 8.01. The Bertz CT molecular complexity index is 340. The molecule has 6 nitrogen and oxygen atoms in total. The van der Waals surface area contributed by atoms with E-state index in [0.29, 0.717) is 6.54 Å². The minimum atomic E-state index is 0.139. The highest BCUT2D eigenvalue weighted by Gasteiger charge is 2.24. The van der Waals surface area contributed by atoms with Crippen LogP contribution in [-0.2, 0) is 18.3 Å². The second kappa shape index (κ2) is 4.90. The molecular weight excluding hydrogens is 206 g/mol. The number of aromatic nitrogens is 3. The summed E-state index contributed by atoms with van der Waals surface area (Å²) in [4.78, 5) is 2.32. The molecule has 1 aromatic rings. The molecule has 0 amide bonds. The maximum Gasteiger partial charge on any atom is 0.0967 e. The van der Waals surface area contributed by atoms with Gasteiger partial charge in [0.1, 0.15) is 0 Å². The van der Waals surface area contributed by atoms with Gasteiger partial charge in [0.05, 0.1) is 17.9 Å². The number of hydrogen-bond donors (Lipinski definition) is 1. The highest BCUT2D eigenvalue weighted by atomic mass is 16.5. The number of ether oxygens (including phenoxy) is 1. The largest absolute Gasteiger partial charge is 0.371 e. The number of nitrogens with two attached hydrogens (primary N) is 1. The Balaban J connectivity index is 1.93. The van der Waals surface area contributed by atoms with Gasteiger partial charge in [-0.3, -0.25) is 9.58 Å². The summed E-state index contributed by atoms with van der Waals surface area (Å²) in [6, 6.07) is 0. The molecule has 1 aliphatic rings. The molecule has 2 N–H and O–H groups in total. The fraction of sp³-hybridized carbons (Fsp3) is 0.800. The lowest BCUT2D eigenvalue weighted by molar-refractivity contribution is -0.0747. The minimum absolute atomic E-state index is 0.139. The van der Waals surface area contributed by atoms with Crippen LogP contribution in [0.3, 0.4) is 0 Å². The van der Waals surface area contributed by atoms with Gasteiger partial charge in [0.15, 0.2) is 0 Å². The van der Waals surface area contributed by atoms with Crippen LogP contribution < -0.4 is 5.73 Å². The van der Waals surface area contributed by atoms with Crippen molar-refractivity contribution in [3.05, 3.63) is 11.9 Å². The predicted octanol–water partition coefficient (Wildman–Crippen LogP) is -0.637. The van der Waals surface area contributed by atoms with Crippen LogP contribution in [0, 0.1) is 0 Å². The van der Waals surface area contributed by atoms with Crippen LogP contribution in [-0.4, -0.2) is 51.7 Å². The van der Waals surface area contributed by atoms with Gasteiger partial charge in [-0.25, -0.2) is 0 Å². The molecule has 0 spiro atoms. The SMILES string of the molecule is CC1CN(Cc2cn(C)nn2)CC(CN)O1.